The lowest BCUT2D eigenvalue weighted by molar-refractivity contribution is 0.195. The Morgan fingerprint density at radius 2 is 0.737 bits per heavy atom. The third-order valence-electron chi connectivity index (χ3n) is 23.1. The van der Waals surface area contributed by atoms with Gasteiger partial charge in [-0.3, -0.25) is 0 Å². The average Bonchev–Trinajstić information content (AvgIpc) is 1.53. The summed E-state index contributed by atoms with van der Waals surface area (Å²) in [6.45, 7) is 7.54. The average molecular weight is 1300 g/mol. The van der Waals surface area contributed by atoms with Gasteiger partial charge in [-0.1, -0.05) is 329 Å². The summed E-state index contributed by atoms with van der Waals surface area (Å²) in [5, 5.41) is 10.8. The summed E-state index contributed by atoms with van der Waals surface area (Å²) < 4.78 is 0. The van der Waals surface area contributed by atoms with Crippen LogP contribution in [0.5, 0.6) is 0 Å². The lowest BCUT2D eigenvalue weighted by Gasteiger charge is -2.53. The molecule has 474 valence electrons. The Morgan fingerprint density at radius 3 is 1.20 bits per heavy atom. The van der Waals surface area contributed by atoms with Crippen LogP contribution in [0.2, 0.25) is 0 Å². The van der Waals surface area contributed by atoms with Gasteiger partial charge >= 0.3 is 0 Å². The first-order valence-electron chi connectivity index (χ1n) is 35.4. The molecule has 0 saturated heterocycles. The first-order valence-corrected chi connectivity index (χ1v) is 39.4. The van der Waals surface area contributed by atoms with E-state index in [4.69, 9.17) is 0 Å². The van der Waals surface area contributed by atoms with Crippen LogP contribution in [0.3, 0.4) is 0 Å². The van der Waals surface area contributed by atoms with Gasteiger partial charge in [0, 0.05) is 45.2 Å². The standard InChI is InChI=1S/C93H76BN3Si2/c1-67-61-84-91-86(62-67)94-85-58-49-71(69-33-14-5-15-34-69)64-87(85)96(74-36-30-35-70(63-74)68-31-12-4-13-32-68)88-65-75(66-89(90(88)94)97(91)93(3)60-29-28-59-92(84,93)2)95(72-50-54-82(55-51-72)98(76-37-16-6-17-38-76,77-39-18-7-19-40-77)78-41-20-8-21-42-78)73-52-56-83(57-53-73)99(79-43-22-9-23-44-79,80-45-24-10-25-46-80)81-47-26-11-27-48-81/h4-27,30-58,61-66H,28-29,59-60H2,1-3H3. The van der Waals surface area contributed by atoms with Crippen LogP contribution in [0.1, 0.15) is 50.7 Å². The van der Waals surface area contributed by atoms with Crippen LogP contribution in [-0.4, -0.2) is 28.4 Å². The van der Waals surface area contributed by atoms with Gasteiger partial charge in [-0.2, -0.15) is 0 Å². The van der Waals surface area contributed by atoms with E-state index in [9.17, 15) is 0 Å². The van der Waals surface area contributed by atoms with E-state index in [-0.39, 0.29) is 17.7 Å². The van der Waals surface area contributed by atoms with Crippen molar-refractivity contribution in [3.05, 3.63) is 369 Å². The summed E-state index contributed by atoms with van der Waals surface area (Å²) in [4.78, 5) is 8.16. The quantitative estimate of drug-likeness (QED) is 0.0794. The summed E-state index contributed by atoms with van der Waals surface area (Å²) in [7, 11) is -5.84. The van der Waals surface area contributed by atoms with Crippen molar-refractivity contribution < 1.29 is 0 Å². The van der Waals surface area contributed by atoms with Gasteiger partial charge in [0.15, 0.2) is 16.1 Å². The second-order valence-electron chi connectivity index (χ2n) is 28.2. The van der Waals surface area contributed by atoms with Gasteiger partial charge < -0.3 is 14.7 Å². The molecule has 3 heterocycles. The van der Waals surface area contributed by atoms with Gasteiger partial charge in [0.2, 0.25) is 0 Å². The van der Waals surface area contributed by atoms with Gasteiger partial charge in [0.1, 0.15) is 0 Å². The molecule has 18 rings (SSSR count). The molecule has 14 aromatic carbocycles. The minimum Gasteiger partial charge on any atom is -0.335 e. The van der Waals surface area contributed by atoms with Crippen molar-refractivity contribution in [3.8, 4) is 22.3 Å². The first-order chi connectivity index (χ1) is 48.8. The largest absolute Gasteiger partial charge is 0.335 e. The van der Waals surface area contributed by atoms with E-state index >= 15 is 0 Å². The third-order valence-corrected chi connectivity index (χ3v) is 32.7. The molecule has 1 fully saturated rings. The summed E-state index contributed by atoms with van der Waals surface area (Å²) >= 11 is 0. The summed E-state index contributed by atoms with van der Waals surface area (Å²) in [6, 6.07) is 137. The van der Waals surface area contributed by atoms with Crippen LogP contribution < -0.4 is 72.6 Å². The highest BCUT2D eigenvalue weighted by molar-refractivity contribution is 7.20. The Bertz CT molecular complexity index is 4930. The van der Waals surface area contributed by atoms with E-state index in [2.05, 4.69) is 393 Å². The molecule has 1 saturated carbocycles. The number of rotatable bonds is 14. The van der Waals surface area contributed by atoms with Gasteiger partial charge in [0.05, 0.1) is 11.2 Å². The number of anilines is 8. The number of fused-ring (bicyclic) bond motifs is 7. The fourth-order valence-corrected chi connectivity index (χ4v) is 27.9. The van der Waals surface area contributed by atoms with Gasteiger partial charge in [-0.05, 0) is 167 Å². The molecule has 0 amide bonds. The SMILES string of the molecule is Cc1cc2c3c(c1)C1(C)CCCCC1(C)N3c1cc(N(c3ccc([Si](c4ccccc4)(c4ccccc4)c4ccccc4)cc3)c3ccc([Si](c4ccccc4)(c4ccccc4)c4ccccc4)cc3)cc3c1B2c1ccc(-c2ccccc2)cc1N3c1cccc(-c2ccccc2)c1. The second kappa shape index (κ2) is 24.2. The molecule has 0 bridgehead atoms. The Balaban J connectivity index is 0.933. The molecule has 0 N–H and O–H groups in total. The van der Waals surface area contributed by atoms with Crippen molar-refractivity contribution in [2.45, 2.75) is 57.4 Å². The van der Waals surface area contributed by atoms with Crippen LogP contribution in [0.25, 0.3) is 22.3 Å². The Kier molecular flexibility index (Phi) is 14.8. The number of benzene rings is 14. The fourth-order valence-electron chi connectivity index (χ4n) is 18.4. The predicted octanol–water partition coefficient (Wildman–Crippen LogP) is 15.9. The lowest BCUT2D eigenvalue weighted by atomic mass is 9.33. The van der Waals surface area contributed by atoms with E-state index in [0.29, 0.717) is 0 Å². The summed E-state index contributed by atoms with van der Waals surface area (Å²) in [6.07, 6.45) is 4.64. The number of hydrogen-bond acceptors (Lipinski definition) is 3. The maximum Gasteiger partial charge on any atom is 0.252 e. The molecular weight excluding hydrogens is 1230 g/mol. The molecule has 1 aliphatic carbocycles. The topological polar surface area (TPSA) is 9.72 Å². The number of hydrogen-bond donors (Lipinski definition) is 0. The van der Waals surface area contributed by atoms with Crippen LogP contribution in [0, 0.1) is 6.92 Å². The van der Waals surface area contributed by atoms with Crippen molar-refractivity contribution in [2.24, 2.45) is 0 Å². The molecule has 3 aliphatic heterocycles. The zero-order valence-electron chi connectivity index (χ0n) is 56.3. The van der Waals surface area contributed by atoms with Gasteiger partial charge in [-0.25, -0.2) is 0 Å². The van der Waals surface area contributed by atoms with Crippen LogP contribution >= 0.6 is 0 Å². The molecule has 0 aromatic heterocycles. The number of nitrogens with zero attached hydrogens (tertiary/aromatic N) is 3. The van der Waals surface area contributed by atoms with E-state index in [1.807, 2.05) is 0 Å². The van der Waals surface area contributed by atoms with Crippen molar-refractivity contribution in [1.82, 2.24) is 0 Å². The second-order valence-corrected chi connectivity index (χ2v) is 35.9. The normalized spacial score (nSPS) is 16.5. The van der Waals surface area contributed by atoms with Crippen molar-refractivity contribution in [3.63, 3.8) is 0 Å². The number of aryl methyl sites for hydroxylation is 1. The van der Waals surface area contributed by atoms with E-state index in [1.165, 1.54) is 127 Å². The summed E-state index contributed by atoms with van der Waals surface area (Å²) in [5.41, 5.74) is 20.9. The molecule has 0 spiro atoms. The molecule has 14 aromatic rings. The highest BCUT2D eigenvalue weighted by atomic mass is 28.3. The molecule has 6 heteroatoms. The molecule has 2 atom stereocenters. The minimum absolute atomic E-state index is 0.0409. The maximum atomic E-state index is 2.90. The summed E-state index contributed by atoms with van der Waals surface area (Å²) in [5.74, 6) is 0. The van der Waals surface area contributed by atoms with E-state index in [0.717, 1.165) is 35.6 Å². The van der Waals surface area contributed by atoms with E-state index in [1.54, 1.807) is 0 Å². The smallest absolute Gasteiger partial charge is 0.252 e. The molecule has 3 nitrogen and oxygen atoms in total. The Morgan fingerprint density at radius 1 is 0.333 bits per heavy atom. The lowest BCUT2D eigenvalue weighted by Crippen LogP contribution is -2.74. The molecular formula is C93H76BN3Si2. The predicted molar refractivity (Wildman–Crippen MR) is 426 cm³/mol. The van der Waals surface area contributed by atoms with E-state index < -0.39 is 16.1 Å². The zero-order valence-corrected chi connectivity index (χ0v) is 58.3. The maximum absolute atomic E-state index is 2.92. The van der Waals surface area contributed by atoms with Crippen molar-refractivity contribution in [1.29, 1.82) is 0 Å². The highest BCUT2D eigenvalue weighted by Gasteiger charge is 2.61. The Labute approximate surface area is 585 Å². The molecule has 4 aliphatic rings. The van der Waals surface area contributed by atoms with Gasteiger partial charge in [0.25, 0.3) is 6.71 Å². The third kappa shape index (κ3) is 9.44. The highest BCUT2D eigenvalue weighted by Crippen LogP contribution is 2.62. The fraction of sp³-hybridized carbons (Fsp3) is 0.0968. The van der Waals surface area contributed by atoms with Gasteiger partial charge in [-0.15, -0.1) is 0 Å². The van der Waals surface area contributed by atoms with Crippen molar-refractivity contribution in [2.75, 3.05) is 14.7 Å². The van der Waals surface area contributed by atoms with Crippen LogP contribution in [-0.2, 0) is 5.41 Å². The molecule has 0 radical (unpaired) electrons. The van der Waals surface area contributed by atoms with Crippen LogP contribution in [0.15, 0.2) is 358 Å². The zero-order chi connectivity index (χ0) is 66.3. The molecule has 99 heavy (non-hydrogen) atoms. The monoisotopic (exact) mass is 1300 g/mol. The Hall–Kier alpha value is -11.0. The van der Waals surface area contributed by atoms with Crippen molar-refractivity contribution >= 4 is 126 Å². The first kappa shape index (κ1) is 60.4. The minimum atomic E-state index is -2.92. The molecule has 2 unspecified atom stereocenters. The van der Waals surface area contributed by atoms with Crippen LogP contribution in [0.4, 0.5) is 45.5 Å².